The molecule has 0 unspecified atom stereocenters. The van der Waals surface area contributed by atoms with Crippen molar-refractivity contribution in [1.82, 2.24) is 10.9 Å². The molecule has 118 valence electrons. The minimum absolute atomic E-state index is 0.00688. The van der Waals surface area contributed by atoms with Crippen LogP contribution in [0.2, 0.25) is 0 Å². The van der Waals surface area contributed by atoms with Gasteiger partial charge in [0.1, 0.15) is 0 Å². The largest absolute Gasteiger partial charge is 0.478 e. The van der Waals surface area contributed by atoms with Crippen molar-refractivity contribution in [3.8, 4) is 5.75 Å². The number of rotatable bonds is 5. The number of hydrogen-bond donors (Lipinski definition) is 2. The van der Waals surface area contributed by atoms with Crippen LogP contribution in [0.3, 0.4) is 0 Å². The quantitative estimate of drug-likeness (QED) is 0.646. The molecule has 1 aromatic rings. The number of benzene rings is 1. The van der Waals surface area contributed by atoms with Crippen LogP contribution < -0.4 is 15.6 Å². The Balaban J connectivity index is 1.75. The molecule has 0 aromatic heterocycles. The van der Waals surface area contributed by atoms with E-state index in [0.717, 1.165) is 12.8 Å². The summed E-state index contributed by atoms with van der Waals surface area (Å²) in [4.78, 5) is 23.5. The molecule has 0 aliphatic heterocycles. The van der Waals surface area contributed by atoms with Gasteiger partial charge >= 0.3 is 0 Å². The maximum Gasteiger partial charge on any atom is 0.279 e. The molecular formula is C16H19FN2O3. The summed E-state index contributed by atoms with van der Waals surface area (Å²) in [5, 5.41) is 0. The van der Waals surface area contributed by atoms with E-state index in [2.05, 4.69) is 10.9 Å². The smallest absolute Gasteiger partial charge is 0.279 e. The predicted molar refractivity (Wildman–Crippen MR) is 79.3 cm³/mol. The Bertz CT molecular complexity index is 574. The molecule has 2 atom stereocenters. The van der Waals surface area contributed by atoms with Crippen LogP contribution in [-0.2, 0) is 9.59 Å². The second kappa shape index (κ2) is 7.59. The molecule has 0 saturated heterocycles. The number of amides is 2. The lowest BCUT2D eigenvalue weighted by Crippen LogP contribution is -2.47. The van der Waals surface area contributed by atoms with Crippen molar-refractivity contribution in [1.29, 1.82) is 0 Å². The van der Waals surface area contributed by atoms with Gasteiger partial charge in [0.05, 0.1) is 0 Å². The van der Waals surface area contributed by atoms with Crippen LogP contribution in [-0.4, -0.2) is 17.9 Å². The lowest BCUT2D eigenvalue weighted by Gasteiger charge is -2.16. The molecule has 0 saturated carbocycles. The van der Waals surface area contributed by atoms with Crippen LogP contribution in [0.15, 0.2) is 36.4 Å². The molecule has 6 heteroatoms. The fraction of sp³-hybridized carbons (Fsp3) is 0.375. The molecule has 1 aliphatic carbocycles. The van der Waals surface area contributed by atoms with E-state index >= 15 is 0 Å². The molecule has 0 bridgehead atoms. The SMILES string of the molecule is C[C@@H](Oc1ccccc1F)C(=O)NNC(=O)C[C@@H]1C=CCC1. The highest BCUT2D eigenvalue weighted by Gasteiger charge is 2.18. The summed E-state index contributed by atoms with van der Waals surface area (Å²) >= 11 is 0. The normalized spacial score (nSPS) is 17.8. The Hall–Kier alpha value is -2.37. The Kier molecular flexibility index (Phi) is 5.52. The number of ether oxygens (including phenoxy) is 1. The van der Waals surface area contributed by atoms with Crippen LogP contribution in [0.5, 0.6) is 5.75 Å². The number of allylic oxidation sites excluding steroid dienone is 2. The van der Waals surface area contributed by atoms with Gasteiger partial charge < -0.3 is 4.74 Å². The maximum absolute atomic E-state index is 13.4. The highest BCUT2D eigenvalue weighted by atomic mass is 19.1. The molecule has 0 heterocycles. The van der Waals surface area contributed by atoms with Crippen molar-refractivity contribution < 1.29 is 18.7 Å². The fourth-order valence-electron chi connectivity index (χ4n) is 2.17. The zero-order valence-electron chi connectivity index (χ0n) is 12.3. The van der Waals surface area contributed by atoms with Gasteiger partial charge in [0, 0.05) is 6.42 Å². The lowest BCUT2D eigenvalue weighted by molar-refractivity contribution is -0.133. The summed E-state index contributed by atoms with van der Waals surface area (Å²) in [6, 6.07) is 5.82. The first kappa shape index (κ1) is 16.0. The molecule has 0 spiro atoms. The van der Waals surface area contributed by atoms with Crippen molar-refractivity contribution in [2.24, 2.45) is 5.92 Å². The van der Waals surface area contributed by atoms with Crippen LogP contribution in [0.1, 0.15) is 26.2 Å². The predicted octanol–water partition coefficient (Wildman–Crippen LogP) is 2.10. The maximum atomic E-state index is 13.4. The fourth-order valence-corrected chi connectivity index (χ4v) is 2.17. The Morgan fingerprint density at radius 1 is 1.36 bits per heavy atom. The molecule has 0 radical (unpaired) electrons. The van der Waals surface area contributed by atoms with Gasteiger partial charge in [-0.2, -0.15) is 0 Å². The van der Waals surface area contributed by atoms with Gasteiger partial charge in [-0.3, -0.25) is 20.4 Å². The van der Waals surface area contributed by atoms with E-state index in [1.54, 1.807) is 6.07 Å². The van der Waals surface area contributed by atoms with Gasteiger partial charge in [-0.1, -0.05) is 24.3 Å². The van der Waals surface area contributed by atoms with Crippen molar-refractivity contribution in [3.63, 3.8) is 0 Å². The van der Waals surface area contributed by atoms with E-state index in [9.17, 15) is 14.0 Å². The molecule has 1 aromatic carbocycles. The van der Waals surface area contributed by atoms with Crippen LogP contribution in [0, 0.1) is 11.7 Å². The topological polar surface area (TPSA) is 67.4 Å². The van der Waals surface area contributed by atoms with Gasteiger partial charge in [-0.15, -0.1) is 0 Å². The Labute approximate surface area is 128 Å². The second-order valence-corrected chi connectivity index (χ2v) is 5.20. The molecular weight excluding hydrogens is 287 g/mol. The average Bonchev–Trinajstić information content (AvgIpc) is 3.00. The third-order valence-electron chi connectivity index (χ3n) is 3.39. The van der Waals surface area contributed by atoms with Crippen molar-refractivity contribution in [3.05, 3.63) is 42.2 Å². The number of hydrazine groups is 1. The van der Waals surface area contributed by atoms with E-state index < -0.39 is 17.8 Å². The number of carbonyl (C=O) groups is 2. The summed E-state index contributed by atoms with van der Waals surface area (Å²) in [6.45, 7) is 1.48. The minimum atomic E-state index is -0.927. The first-order valence-corrected chi connectivity index (χ1v) is 7.23. The van der Waals surface area contributed by atoms with Crippen molar-refractivity contribution in [2.75, 3.05) is 0 Å². The van der Waals surface area contributed by atoms with Gasteiger partial charge in [-0.25, -0.2) is 4.39 Å². The molecule has 2 amide bonds. The van der Waals surface area contributed by atoms with E-state index in [1.165, 1.54) is 25.1 Å². The number of para-hydroxylation sites is 1. The number of carbonyl (C=O) groups excluding carboxylic acids is 2. The molecule has 2 N–H and O–H groups in total. The molecule has 2 rings (SSSR count). The monoisotopic (exact) mass is 306 g/mol. The molecule has 5 nitrogen and oxygen atoms in total. The number of nitrogens with one attached hydrogen (secondary N) is 2. The van der Waals surface area contributed by atoms with Crippen LogP contribution >= 0.6 is 0 Å². The highest BCUT2D eigenvalue weighted by molar-refractivity contribution is 5.84. The molecule has 0 fully saturated rings. The van der Waals surface area contributed by atoms with Gasteiger partial charge in [-0.05, 0) is 37.8 Å². The van der Waals surface area contributed by atoms with E-state index in [1.807, 2.05) is 12.2 Å². The van der Waals surface area contributed by atoms with Crippen molar-refractivity contribution in [2.45, 2.75) is 32.3 Å². The zero-order chi connectivity index (χ0) is 15.9. The third-order valence-corrected chi connectivity index (χ3v) is 3.39. The second-order valence-electron chi connectivity index (χ2n) is 5.20. The van der Waals surface area contributed by atoms with E-state index in [0.29, 0.717) is 6.42 Å². The molecule has 22 heavy (non-hydrogen) atoms. The summed E-state index contributed by atoms with van der Waals surface area (Å²) in [7, 11) is 0. The Morgan fingerprint density at radius 3 is 2.82 bits per heavy atom. The van der Waals surface area contributed by atoms with Gasteiger partial charge in [0.2, 0.25) is 5.91 Å². The standard InChI is InChI=1S/C16H19FN2O3/c1-11(22-14-9-5-4-8-13(14)17)16(21)19-18-15(20)10-12-6-2-3-7-12/h2,4-6,8-9,11-12H,3,7,10H2,1H3,(H,18,20)(H,19,21)/t11-,12-/m1/s1. The number of halogens is 1. The third kappa shape index (κ3) is 4.58. The van der Waals surface area contributed by atoms with Crippen LogP contribution in [0.4, 0.5) is 4.39 Å². The highest BCUT2D eigenvalue weighted by Crippen LogP contribution is 2.20. The van der Waals surface area contributed by atoms with Gasteiger partial charge in [0.15, 0.2) is 17.7 Å². The zero-order valence-corrected chi connectivity index (χ0v) is 12.3. The van der Waals surface area contributed by atoms with Crippen LogP contribution in [0.25, 0.3) is 0 Å². The summed E-state index contributed by atoms with van der Waals surface area (Å²) < 4.78 is 18.6. The average molecular weight is 306 g/mol. The minimum Gasteiger partial charge on any atom is -0.478 e. The van der Waals surface area contributed by atoms with Gasteiger partial charge in [0.25, 0.3) is 5.91 Å². The summed E-state index contributed by atoms with van der Waals surface area (Å²) in [5.41, 5.74) is 4.63. The number of hydrogen-bond acceptors (Lipinski definition) is 3. The summed E-state index contributed by atoms with van der Waals surface area (Å²) in [5.74, 6) is -1.13. The first-order valence-electron chi connectivity index (χ1n) is 7.23. The summed E-state index contributed by atoms with van der Waals surface area (Å²) in [6.07, 6.45) is 5.39. The van der Waals surface area contributed by atoms with E-state index in [4.69, 9.17) is 4.74 Å². The van der Waals surface area contributed by atoms with Crippen molar-refractivity contribution >= 4 is 11.8 Å². The Morgan fingerprint density at radius 2 is 2.14 bits per heavy atom. The van der Waals surface area contributed by atoms with E-state index in [-0.39, 0.29) is 17.6 Å². The molecule has 1 aliphatic rings. The lowest BCUT2D eigenvalue weighted by atomic mass is 10.1. The first-order chi connectivity index (χ1) is 10.6.